The molecule has 0 N–H and O–H groups in total. The van der Waals surface area contributed by atoms with Crippen LogP contribution in [0, 0.1) is 11.6 Å². The summed E-state index contributed by atoms with van der Waals surface area (Å²) in [7, 11) is 0. The standard InChI is InChI=1S/C23H20F2N6/c1-14-6-8-23(2,19-7-9-27-22(28-19)31-11-10-26-13-31)21-15(14)12-18(29-30-21)20-16(24)4-3-5-17(20)25/h3-5,7,9-14H,6,8H2,1-2H3/t14-,23+/m1/s1. The maximum atomic E-state index is 14.3. The largest absolute Gasteiger partial charge is 0.274 e. The Morgan fingerprint density at radius 1 is 1.10 bits per heavy atom. The van der Waals surface area contributed by atoms with Crippen LogP contribution in [0.2, 0.25) is 0 Å². The Morgan fingerprint density at radius 2 is 1.90 bits per heavy atom. The second kappa shape index (κ2) is 7.30. The molecule has 6 nitrogen and oxygen atoms in total. The minimum atomic E-state index is -0.652. The smallest absolute Gasteiger partial charge is 0.235 e. The molecule has 0 radical (unpaired) electrons. The van der Waals surface area contributed by atoms with E-state index in [0.29, 0.717) is 5.95 Å². The molecule has 5 rings (SSSR count). The van der Waals surface area contributed by atoms with E-state index in [4.69, 9.17) is 4.98 Å². The third kappa shape index (κ3) is 3.19. The molecule has 4 aromatic rings. The van der Waals surface area contributed by atoms with Gasteiger partial charge in [-0.2, -0.15) is 5.10 Å². The molecule has 0 saturated carbocycles. The van der Waals surface area contributed by atoms with Crippen molar-refractivity contribution in [3.05, 3.63) is 83.8 Å². The monoisotopic (exact) mass is 418 g/mol. The van der Waals surface area contributed by atoms with Crippen molar-refractivity contribution in [2.75, 3.05) is 0 Å². The van der Waals surface area contributed by atoms with Gasteiger partial charge in [-0.1, -0.05) is 13.0 Å². The molecule has 2 atom stereocenters. The molecule has 8 heteroatoms. The van der Waals surface area contributed by atoms with Crippen LogP contribution in [0.25, 0.3) is 17.2 Å². The van der Waals surface area contributed by atoms with Gasteiger partial charge in [-0.05, 0) is 55.5 Å². The van der Waals surface area contributed by atoms with Crippen molar-refractivity contribution in [2.45, 2.75) is 38.0 Å². The fourth-order valence-corrected chi connectivity index (χ4v) is 4.26. The van der Waals surface area contributed by atoms with Gasteiger partial charge in [-0.25, -0.2) is 23.7 Å². The Hall–Kier alpha value is -3.55. The molecule has 3 heterocycles. The zero-order valence-corrected chi connectivity index (χ0v) is 17.1. The highest BCUT2D eigenvalue weighted by Gasteiger charge is 2.40. The number of imidazole rings is 1. The number of halogens is 2. The molecule has 0 aliphatic heterocycles. The molecular formula is C23H20F2N6. The normalized spacial score (nSPS) is 20.5. The average Bonchev–Trinajstić information content (AvgIpc) is 3.32. The molecular weight excluding hydrogens is 398 g/mol. The highest BCUT2D eigenvalue weighted by Crippen LogP contribution is 2.45. The molecule has 156 valence electrons. The van der Waals surface area contributed by atoms with Crippen molar-refractivity contribution in [1.82, 2.24) is 29.7 Å². The Kier molecular flexibility index (Phi) is 4.57. The molecule has 1 aromatic carbocycles. The topological polar surface area (TPSA) is 69.4 Å². The molecule has 3 aromatic heterocycles. The quantitative estimate of drug-likeness (QED) is 0.486. The Morgan fingerprint density at radius 3 is 2.65 bits per heavy atom. The van der Waals surface area contributed by atoms with Crippen LogP contribution in [-0.2, 0) is 5.41 Å². The summed E-state index contributed by atoms with van der Waals surface area (Å²) in [6.45, 7) is 4.17. The summed E-state index contributed by atoms with van der Waals surface area (Å²) >= 11 is 0. The zero-order chi connectivity index (χ0) is 21.6. The first-order valence-electron chi connectivity index (χ1n) is 10.1. The summed E-state index contributed by atoms with van der Waals surface area (Å²) in [5.41, 5.74) is 2.08. The van der Waals surface area contributed by atoms with E-state index in [-0.39, 0.29) is 17.2 Å². The average molecular weight is 418 g/mol. The van der Waals surface area contributed by atoms with Crippen LogP contribution in [0.1, 0.15) is 49.6 Å². The van der Waals surface area contributed by atoms with Crippen LogP contribution in [0.3, 0.4) is 0 Å². The van der Waals surface area contributed by atoms with Gasteiger partial charge >= 0.3 is 0 Å². The Balaban J connectivity index is 1.63. The fourth-order valence-electron chi connectivity index (χ4n) is 4.26. The summed E-state index contributed by atoms with van der Waals surface area (Å²) in [5.74, 6) is -0.598. The van der Waals surface area contributed by atoms with E-state index in [1.165, 1.54) is 18.2 Å². The molecule has 0 spiro atoms. The van der Waals surface area contributed by atoms with Gasteiger partial charge < -0.3 is 0 Å². The molecule has 0 saturated heterocycles. The lowest BCUT2D eigenvalue weighted by Crippen LogP contribution is -2.33. The lowest BCUT2D eigenvalue weighted by molar-refractivity contribution is 0.403. The predicted molar refractivity (Wildman–Crippen MR) is 111 cm³/mol. The number of rotatable bonds is 3. The SMILES string of the molecule is C[C@@H]1CC[C@@](C)(c2ccnc(-n3ccnc3)n2)c2nnc(-c3c(F)cccc3F)cc21. The van der Waals surface area contributed by atoms with Crippen LogP contribution in [0.4, 0.5) is 8.78 Å². The molecule has 0 amide bonds. The van der Waals surface area contributed by atoms with Crippen molar-refractivity contribution in [3.63, 3.8) is 0 Å². The highest BCUT2D eigenvalue weighted by molar-refractivity contribution is 5.62. The first-order valence-corrected chi connectivity index (χ1v) is 10.1. The van der Waals surface area contributed by atoms with Crippen molar-refractivity contribution >= 4 is 0 Å². The van der Waals surface area contributed by atoms with Gasteiger partial charge in [0, 0.05) is 18.6 Å². The predicted octanol–water partition coefficient (Wildman–Crippen LogP) is 4.60. The molecule has 1 aliphatic carbocycles. The van der Waals surface area contributed by atoms with Gasteiger partial charge in [0.25, 0.3) is 0 Å². The van der Waals surface area contributed by atoms with E-state index in [1.807, 2.05) is 6.07 Å². The Bertz CT molecular complexity index is 1240. The summed E-state index contributed by atoms with van der Waals surface area (Å²) < 4.78 is 30.4. The number of aromatic nitrogens is 6. The van der Waals surface area contributed by atoms with Gasteiger partial charge in [0.1, 0.15) is 18.0 Å². The molecule has 31 heavy (non-hydrogen) atoms. The van der Waals surface area contributed by atoms with Crippen molar-refractivity contribution in [1.29, 1.82) is 0 Å². The van der Waals surface area contributed by atoms with E-state index >= 15 is 0 Å². The molecule has 1 aliphatic rings. The minimum absolute atomic E-state index is 0.151. The first-order chi connectivity index (χ1) is 15.0. The van der Waals surface area contributed by atoms with Gasteiger partial charge in [-0.3, -0.25) is 4.57 Å². The number of hydrogen-bond acceptors (Lipinski definition) is 5. The number of nitrogens with zero attached hydrogens (tertiary/aromatic N) is 6. The van der Waals surface area contributed by atoms with E-state index in [0.717, 1.165) is 29.8 Å². The maximum absolute atomic E-state index is 14.3. The Labute approximate surface area is 178 Å². The van der Waals surface area contributed by atoms with Crippen molar-refractivity contribution < 1.29 is 8.78 Å². The maximum Gasteiger partial charge on any atom is 0.235 e. The minimum Gasteiger partial charge on any atom is -0.274 e. The van der Waals surface area contributed by atoms with Gasteiger partial charge in [0.15, 0.2) is 0 Å². The lowest BCUT2D eigenvalue weighted by atomic mass is 9.69. The van der Waals surface area contributed by atoms with Crippen LogP contribution < -0.4 is 0 Å². The third-order valence-corrected chi connectivity index (χ3v) is 6.12. The second-order valence-corrected chi connectivity index (χ2v) is 8.11. The van der Waals surface area contributed by atoms with Crippen molar-refractivity contribution in [3.8, 4) is 17.2 Å². The van der Waals surface area contributed by atoms with Gasteiger partial charge in [0.2, 0.25) is 5.95 Å². The van der Waals surface area contributed by atoms with Gasteiger partial charge in [0.05, 0.1) is 28.1 Å². The van der Waals surface area contributed by atoms with Crippen LogP contribution >= 0.6 is 0 Å². The number of benzene rings is 1. The summed E-state index contributed by atoms with van der Waals surface area (Å²) in [4.78, 5) is 13.2. The lowest BCUT2D eigenvalue weighted by Gasteiger charge is -2.36. The summed E-state index contributed by atoms with van der Waals surface area (Å²) in [6, 6.07) is 7.44. The number of fused-ring (bicyclic) bond motifs is 1. The van der Waals surface area contributed by atoms with Gasteiger partial charge in [-0.15, -0.1) is 5.10 Å². The van der Waals surface area contributed by atoms with E-state index in [2.05, 4.69) is 34.0 Å². The molecule has 0 unspecified atom stereocenters. The van der Waals surface area contributed by atoms with E-state index in [1.54, 1.807) is 35.6 Å². The van der Waals surface area contributed by atoms with E-state index in [9.17, 15) is 8.78 Å². The van der Waals surface area contributed by atoms with Crippen LogP contribution in [0.15, 0.2) is 55.2 Å². The fraction of sp³-hybridized carbons (Fsp3) is 0.261. The van der Waals surface area contributed by atoms with Crippen LogP contribution in [0.5, 0.6) is 0 Å². The zero-order valence-electron chi connectivity index (χ0n) is 17.1. The number of hydrogen-bond donors (Lipinski definition) is 0. The summed E-state index contributed by atoms with van der Waals surface area (Å²) in [6.07, 6.45) is 8.53. The molecule has 0 bridgehead atoms. The first kappa shape index (κ1) is 19.4. The molecule has 0 fully saturated rings. The van der Waals surface area contributed by atoms with Crippen LogP contribution in [-0.4, -0.2) is 29.7 Å². The highest BCUT2D eigenvalue weighted by atomic mass is 19.1. The second-order valence-electron chi connectivity index (χ2n) is 8.11. The van der Waals surface area contributed by atoms with E-state index < -0.39 is 17.0 Å². The summed E-state index contributed by atoms with van der Waals surface area (Å²) in [5, 5.41) is 8.71. The third-order valence-electron chi connectivity index (χ3n) is 6.12. The van der Waals surface area contributed by atoms with Crippen molar-refractivity contribution in [2.24, 2.45) is 0 Å².